The average Bonchev–Trinajstić information content (AvgIpc) is 3.11. The summed E-state index contributed by atoms with van der Waals surface area (Å²) in [6.07, 6.45) is 0. The molecule has 3 aromatic rings. The van der Waals surface area contributed by atoms with Gasteiger partial charge in [0.1, 0.15) is 0 Å². The minimum Gasteiger partial charge on any atom is -0.379 e. The number of morpholine rings is 1. The maximum Gasteiger partial charge on any atom is 0.190 e. The van der Waals surface area contributed by atoms with Gasteiger partial charge in [-0.3, -0.25) is 4.90 Å². The van der Waals surface area contributed by atoms with Gasteiger partial charge in [0.05, 0.1) is 24.6 Å². The van der Waals surface area contributed by atoms with Gasteiger partial charge in [0.25, 0.3) is 0 Å². The quantitative estimate of drug-likeness (QED) is 0.463. The fourth-order valence-corrected chi connectivity index (χ4v) is 4.38. The van der Waals surface area contributed by atoms with E-state index in [2.05, 4.69) is 55.0 Å². The van der Waals surface area contributed by atoms with Gasteiger partial charge in [-0.15, -0.1) is 28.3 Å². The topological polar surface area (TPSA) is 29.8 Å². The van der Waals surface area contributed by atoms with Gasteiger partial charge in [-0.2, -0.15) is 0 Å². The SMILES string of the molecule is Br.Brc1ccc(-c2csc(=Nc3ccccc3)n2CCN2CCOCC2)cc1. The van der Waals surface area contributed by atoms with E-state index in [-0.39, 0.29) is 17.0 Å². The van der Waals surface area contributed by atoms with Gasteiger partial charge in [-0.1, -0.05) is 46.3 Å². The zero-order valence-electron chi connectivity index (χ0n) is 15.5. The molecule has 4 rings (SSSR count). The van der Waals surface area contributed by atoms with E-state index in [0.29, 0.717) is 0 Å². The molecule has 1 aliphatic rings. The number of rotatable bonds is 5. The van der Waals surface area contributed by atoms with Crippen molar-refractivity contribution in [3.63, 3.8) is 0 Å². The molecule has 4 nitrogen and oxygen atoms in total. The number of hydrogen-bond acceptors (Lipinski definition) is 4. The number of aromatic nitrogens is 1. The van der Waals surface area contributed by atoms with Crippen LogP contribution < -0.4 is 4.80 Å². The zero-order chi connectivity index (χ0) is 18.5. The molecule has 0 unspecified atom stereocenters. The number of halogens is 2. The Kier molecular flexibility index (Phi) is 8.05. The fraction of sp³-hybridized carbons (Fsp3) is 0.286. The van der Waals surface area contributed by atoms with Crippen molar-refractivity contribution in [1.29, 1.82) is 0 Å². The minimum absolute atomic E-state index is 0. The summed E-state index contributed by atoms with van der Waals surface area (Å²) in [6, 6.07) is 18.7. The summed E-state index contributed by atoms with van der Waals surface area (Å²) in [5.74, 6) is 0. The first kappa shape index (κ1) is 21.5. The van der Waals surface area contributed by atoms with Crippen molar-refractivity contribution in [3.8, 4) is 11.3 Å². The molecule has 7 heteroatoms. The van der Waals surface area contributed by atoms with Crippen molar-refractivity contribution < 1.29 is 4.74 Å². The Morgan fingerprint density at radius 2 is 1.68 bits per heavy atom. The van der Waals surface area contributed by atoms with Crippen LogP contribution in [0.3, 0.4) is 0 Å². The molecule has 28 heavy (non-hydrogen) atoms. The summed E-state index contributed by atoms with van der Waals surface area (Å²) in [5.41, 5.74) is 3.42. The summed E-state index contributed by atoms with van der Waals surface area (Å²) >= 11 is 5.23. The number of benzene rings is 2. The van der Waals surface area contributed by atoms with Crippen molar-refractivity contribution >= 4 is 49.9 Å². The molecule has 148 valence electrons. The van der Waals surface area contributed by atoms with E-state index in [1.165, 1.54) is 11.3 Å². The summed E-state index contributed by atoms with van der Waals surface area (Å²) < 4.78 is 8.91. The molecular formula is C21H23Br2N3OS. The van der Waals surface area contributed by atoms with Crippen molar-refractivity contribution in [2.75, 3.05) is 32.8 Å². The molecule has 1 saturated heterocycles. The van der Waals surface area contributed by atoms with Gasteiger partial charge in [-0.05, 0) is 29.8 Å². The van der Waals surface area contributed by atoms with Crippen molar-refractivity contribution in [2.45, 2.75) is 6.54 Å². The molecule has 0 saturated carbocycles. The molecule has 0 bridgehead atoms. The Hall–Kier alpha value is -1.25. The number of ether oxygens (including phenoxy) is 1. The van der Waals surface area contributed by atoms with Crippen LogP contribution in [-0.4, -0.2) is 42.3 Å². The molecule has 0 spiro atoms. The standard InChI is InChI=1S/C21H22BrN3OS.BrH/c22-18-8-6-17(7-9-18)20-16-27-21(23-19-4-2-1-3-5-19)25(20)11-10-24-12-14-26-15-13-24;/h1-9,16H,10-15H2;1H. The maximum absolute atomic E-state index is 5.47. The molecule has 0 radical (unpaired) electrons. The third-order valence-corrected chi connectivity index (χ3v) is 6.05. The third kappa shape index (κ3) is 5.42. The molecule has 0 atom stereocenters. The van der Waals surface area contributed by atoms with Crippen molar-refractivity contribution in [2.24, 2.45) is 4.99 Å². The molecule has 0 N–H and O–H groups in total. The molecule has 1 fully saturated rings. The lowest BCUT2D eigenvalue weighted by molar-refractivity contribution is 0.0363. The monoisotopic (exact) mass is 523 g/mol. The largest absolute Gasteiger partial charge is 0.379 e. The lowest BCUT2D eigenvalue weighted by atomic mass is 10.2. The van der Waals surface area contributed by atoms with Gasteiger partial charge >= 0.3 is 0 Å². The highest BCUT2D eigenvalue weighted by Gasteiger charge is 2.13. The van der Waals surface area contributed by atoms with Gasteiger partial charge in [0.15, 0.2) is 4.80 Å². The fourth-order valence-electron chi connectivity index (χ4n) is 3.17. The van der Waals surface area contributed by atoms with Crippen LogP contribution in [0.15, 0.2) is 69.4 Å². The maximum atomic E-state index is 5.47. The second-order valence-corrected chi connectivity index (χ2v) is 8.22. The molecule has 0 aliphatic carbocycles. The molecule has 1 aliphatic heterocycles. The first-order valence-electron chi connectivity index (χ1n) is 9.14. The highest BCUT2D eigenvalue weighted by molar-refractivity contribution is 9.10. The number of para-hydroxylation sites is 1. The highest BCUT2D eigenvalue weighted by Crippen LogP contribution is 2.23. The summed E-state index contributed by atoms with van der Waals surface area (Å²) in [7, 11) is 0. The molecule has 1 aromatic heterocycles. The molecule has 2 heterocycles. The first-order valence-corrected chi connectivity index (χ1v) is 10.8. The van der Waals surface area contributed by atoms with Crippen LogP contribution in [0, 0.1) is 0 Å². The molecule has 2 aromatic carbocycles. The highest BCUT2D eigenvalue weighted by atomic mass is 79.9. The Bertz CT molecular complexity index is 932. The Balaban J connectivity index is 0.00000225. The Labute approximate surface area is 188 Å². The van der Waals surface area contributed by atoms with Crippen LogP contribution >= 0.6 is 44.2 Å². The predicted octanol–water partition coefficient (Wildman–Crippen LogP) is 5.12. The first-order chi connectivity index (χ1) is 13.3. The third-order valence-electron chi connectivity index (χ3n) is 4.66. The summed E-state index contributed by atoms with van der Waals surface area (Å²) in [5, 5.41) is 2.21. The van der Waals surface area contributed by atoms with Crippen LogP contribution in [0.2, 0.25) is 0 Å². The van der Waals surface area contributed by atoms with E-state index < -0.39 is 0 Å². The smallest absolute Gasteiger partial charge is 0.190 e. The number of nitrogens with zero attached hydrogens (tertiary/aromatic N) is 3. The number of hydrogen-bond donors (Lipinski definition) is 0. The van der Waals surface area contributed by atoms with Crippen LogP contribution in [-0.2, 0) is 11.3 Å². The van der Waals surface area contributed by atoms with E-state index >= 15 is 0 Å². The van der Waals surface area contributed by atoms with Crippen LogP contribution in [0.5, 0.6) is 0 Å². The van der Waals surface area contributed by atoms with E-state index in [1.807, 2.05) is 30.3 Å². The van der Waals surface area contributed by atoms with Crippen molar-refractivity contribution in [1.82, 2.24) is 9.47 Å². The predicted molar refractivity (Wildman–Crippen MR) is 125 cm³/mol. The van der Waals surface area contributed by atoms with Gasteiger partial charge in [0, 0.05) is 36.0 Å². The lowest BCUT2D eigenvalue weighted by Crippen LogP contribution is -2.39. The summed E-state index contributed by atoms with van der Waals surface area (Å²) in [6.45, 7) is 5.59. The Morgan fingerprint density at radius 3 is 2.39 bits per heavy atom. The van der Waals surface area contributed by atoms with E-state index in [1.54, 1.807) is 11.3 Å². The van der Waals surface area contributed by atoms with Crippen LogP contribution in [0.25, 0.3) is 11.3 Å². The van der Waals surface area contributed by atoms with E-state index in [4.69, 9.17) is 9.73 Å². The van der Waals surface area contributed by atoms with E-state index in [0.717, 1.165) is 54.4 Å². The second-order valence-electron chi connectivity index (χ2n) is 6.46. The minimum atomic E-state index is 0. The number of thiazole rings is 1. The lowest BCUT2D eigenvalue weighted by Gasteiger charge is -2.26. The van der Waals surface area contributed by atoms with E-state index in [9.17, 15) is 0 Å². The molecular weight excluding hydrogens is 502 g/mol. The summed E-state index contributed by atoms with van der Waals surface area (Å²) in [4.78, 5) is 8.40. The molecule has 0 amide bonds. The van der Waals surface area contributed by atoms with Gasteiger partial charge in [-0.25, -0.2) is 4.99 Å². The second kappa shape index (κ2) is 10.5. The van der Waals surface area contributed by atoms with Gasteiger partial charge < -0.3 is 9.30 Å². The average molecular weight is 525 g/mol. The normalized spacial score (nSPS) is 15.4. The van der Waals surface area contributed by atoms with Crippen LogP contribution in [0.1, 0.15) is 0 Å². The zero-order valence-corrected chi connectivity index (χ0v) is 19.6. The van der Waals surface area contributed by atoms with Crippen molar-refractivity contribution in [3.05, 3.63) is 69.3 Å². The van der Waals surface area contributed by atoms with Crippen LogP contribution in [0.4, 0.5) is 5.69 Å². The van der Waals surface area contributed by atoms with Gasteiger partial charge in [0.2, 0.25) is 0 Å². The Morgan fingerprint density at radius 1 is 0.964 bits per heavy atom.